The Morgan fingerprint density at radius 2 is 1.03 bits per heavy atom. The zero-order valence-electron chi connectivity index (χ0n) is 72.0. The second kappa shape index (κ2) is 58.6. The molecule has 2 aliphatic heterocycles. The van der Waals surface area contributed by atoms with E-state index in [0.717, 1.165) is 17.9 Å². The lowest BCUT2D eigenvalue weighted by atomic mass is 9.75. The molecule has 3 fully saturated rings. The Labute approximate surface area is 730 Å². The predicted molar refractivity (Wildman–Crippen MR) is 441 cm³/mol. The number of aliphatic hydroxyl groups excluding tert-OH is 8. The molecule has 0 bridgehead atoms. The molecule has 2 aromatic heterocycles. The molecule has 16 atom stereocenters. The van der Waals surface area contributed by atoms with Crippen molar-refractivity contribution in [3.05, 3.63) is 60.5 Å². The summed E-state index contributed by atoms with van der Waals surface area (Å²) in [7, 11) is 0. The molecule has 3 aliphatic rings. The number of ether oxygens (including phenoxy) is 16. The van der Waals surface area contributed by atoms with Crippen LogP contribution in [0.5, 0.6) is 11.5 Å². The Balaban J connectivity index is 0.854. The van der Waals surface area contributed by atoms with Gasteiger partial charge < -0.3 is 154 Å². The summed E-state index contributed by atoms with van der Waals surface area (Å²) in [4.78, 5) is 95.6. The molecule has 126 heavy (non-hydrogen) atoms. The third kappa shape index (κ3) is 37.7. The van der Waals surface area contributed by atoms with E-state index in [2.05, 4.69) is 47.2 Å². The molecular weight excluding hydrogens is 1670 g/mol. The molecule has 0 radical (unpaired) electrons. The molecule has 42 nitrogen and oxygen atoms in total. The molecule has 1 aliphatic carbocycles. The van der Waals surface area contributed by atoms with Crippen molar-refractivity contribution >= 4 is 52.1 Å². The van der Waals surface area contributed by atoms with E-state index < -0.39 is 146 Å². The van der Waals surface area contributed by atoms with E-state index in [1.807, 2.05) is 19.9 Å². The van der Waals surface area contributed by atoms with Crippen molar-refractivity contribution in [2.24, 2.45) is 23.2 Å². The zero-order valence-corrected chi connectivity index (χ0v) is 72.0. The van der Waals surface area contributed by atoms with Crippen LogP contribution in [0.25, 0.3) is 28.0 Å². The van der Waals surface area contributed by atoms with Gasteiger partial charge in [0.2, 0.25) is 35.4 Å². The SMILES string of the molecule is CC[C@H]1C[C@@H](OCCOCCOCCNC(=O)CCOCC(COCCC(=O)NCCOCCOCCOC2O[C@H](CO)[C@H](O)[C@H](O)[C@H]2C)(COCCC(=O)NCCOCCOCCO[C@@H]2O[C@H](CO)[C@H](O)[C@H](O)[C@H]2NC(C)=O)CC(=O)CNC(=O)COCCNC(=O)CCCOc2ccc3nc(-c4cn(-c5ccc(O)c(F)c5)nn4)ccc3c2)[C@H](C)[C@@H](O)[C@H]1O. The van der Waals surface area contributed by atoms with Crippen molar-refractivity contribution in [2.45, 2.75) is 153 Å². The maximum Gasteiger partial charge on any atom is 0.246 e. The minimum atomic E-state index is -1.47. The van der Waals surface area contributed by atoms with E-state index in [4.69, 9.17) is 75.8 Å². The lowest BCUT2D eigenvalue weighted by molar-refractivity contribution is -0.284. The average molecular weight is 1800 g/mol. The van der Waals surface area contributed by atoms with E-state index in [9.17, 15) is 83.9 Å². The minimum absolute atomic E-state index is 0.0462. The van der Waals surface area contributed by atoms with Crippen LogP contribution in [0.4, 0.5) is 4.39 Å². The molecule has 15 N–H and O–H groups in total. The summed E-state index contributed by atoms with van der Waals surface area (Å²) < 4.78 is 107. The van der Waals surface area contributed by atoms with Gasteiger partial charge in [0.1, 0.15) is 54.6 Å². The topological polar surface area (TPSA) is 565 Å². The Morgan fingerprint density at radius 3 is 1.58 bits per heavy atom. The van der Waals surface area contributed by atoms with Crippen molar-refractivity contribution in [1.82, 2.24) is 51.9 Å². The van der Waals surface area contributed by atoms with Crippen molar-refractivity contribution < 1.29 is 160 Å². The van der Waals surface area contributed by atoms with Crippen LogP contribution in [0.1, 0.15) is 79.1 Å². The summed E-state index contributed by atoms with van der Waals surface area (Å²) in [5.41, 5.74) is 0.627. The number of aliphatic hydroxyl groups is 8. The van der Waals surface area contributed by atoms with E-state index in [-0.39, 0.29) is 233 Å². The lowest BCUT2D eigenvalue weighted by Gasteiger charge is -2.42. The third-order valence-electron chi connectivity index (χ3n) is 20.8. The first kappa shape index (κ1) is 105. The first-order valence-electron chi connectivity index (χ1n) is 42.6. The van der Waals surface area contributed by atoms with Crippen LogP contribution >= 0.6 is 0 Å². The number of pyridine rings is 1. The zero-order chi connectivity index (χ0) is 91.0. The molecule has 2 unspecified atom stereocenters. The van der Waals surface area contributed by atoms with E-state index in [1.54, 1.807) is 37.4 Å². The highest BCUT2D eigenvalue weighted by Crippen LogP contribution is 2.35. The van der Waals surface area contributed by atoms with Gasteiger partial charge in [-0.2, -0.15) is 0 Å². The second-order valence-electron chi connectivity index (χ2n) is 30.6. The van der Waals surface area contributed by atoms with Crippen LogP contribution in [0.3, 0.4) is 0 Å². The van der Waals surface area contributed by atoms with Crippen LogP contribution in [0, 0.1) is 29.0 Å². The third-order valence-corrected chi connectivity index (χ3v) is 20.8. The highest BCUT2D eigenvalue weighted by Gasteiger charge is 2.46. The monoisotopic (exact) mass is 1800 g/mol. The summed E-state index contributed by atoms with van der Waals surface area (Å²) in [6.45, 7) is 6.40. The molecule has 2 saturated heterocycles. The van der Waals surface area contributed by atoms with Crippen LogP contribution in [-0.2, 0) is 105 Å². The van der Waals surface area contributed by atoms with Crippen molar-refractivity contribution in [3.8, 4) is 28.6 Å². The normalized spacial score (nSPS) is 23.0. The number of halogens is 1. The van der Waals surface area contributed by atoms with Crippen LogP contribution in [-0.4, -0.2) is 385 Å². The fourth-order valence-electron chi connectivity index (χ4n) is 13.6. The first-order chi connectivity index (χ1) is 60.8. The Hall–Kier alpha value is -7.91. The van der Waals surface area contributed by atoms with Crippen LogP contribution in [0.15, 0.2) is 54.7 Å². The van der Waals surface area contributed by atoms with E-state index in [0.29, 0.717) is 47.8 Å². The number of fused-ring (bicyclic) bond motifs is 1. The number of phenolic OH excluding ortho intramolecular Hbond substituents is 1. The van der Waals surface area contributed by atoms with Crippen molar-refractivity contribution in [1.29, 1.82) is 0 Å². The number of rotatable bonds is 65. The molecule has 1 saturated carbocycles. The van der Waals surface area contributed by atoms with Gasteiger partial charge in [0, 0.05) is 93.9 Å². The molecule has 2 aromatic carbocycles. The van der Waals surface area contributed by atoms with Gasteiger partial charge >= 0.3 is 0 Å². The molecule has 6 amide bonds. The summed E-state index contributed by atoms with van der Waals surface area (Å²) in [5.74, 6) is -4.70. The smallest absolute Gasteiger partial charge is 0.246 e. The summed E-state index contributed by atoms with van der Waals surface area (Å²) in [6, 6.07) is 11.7. The number of nitrogens with zero attached hydrogens (tertiary/aromatic N) is 4. The number of amides is 6. The molecule has 0 spiro atoms. The molecule has 7 rings (SSSR count). The lowest BCUT2D eigenvalue weighted by Crippen LogP contribution is -2.64. The van der Waals surface area contributed by atoms with Gasteiger partial charge in [-0.3, -0.25) is 33.6 Å². The number of phenols is 1. The second-order valence-corrected chi connectivity index (χ2v) is 30.6. The molecule has 43 heteroatoms. The predicted octanol–water partition coefficient (Wildman–Crippen LogP) is -2.43. The van der Waals surface area contributed by atoms with Gasteiger partial charge in [0.05, 0.1) is 219 Å². The van der Waals surface area contributed by atoms with Gasteiger partial charge in [-0.05, 0) is 55.2 Å². The van der Waals surface area contributed by atoms with Gasteiger partial charge in [0.15, 0.2) is 29.9 Å². The molecule has 710 valence electrons. The fourth-order valence-corrected chi connectivity index (χ4v) is 13.6. The number of nitrogens with one attached hydrogen (secondary N) is 6. The van der Waals surface area contributed by atoms with Gasteiger partial charge in [0.25, 0.3) is 0 Å². The highest BCUT2D eigenvalue weighted by atomic mass is 19.1. The fraction of sp³-hybridized carbons (Fsp3) is 0.711. The van der Waals surface area contributed by atoms with Gasteiger partial charge in [-0.1, -0.05) is 38.5 Å². The van der Waals surface area contributed by atoms with Gasteiger partial charge in [-0.25, -0.2) is 14.1 Å². The van der Waals surface area contributed by atoms with E-state index in [1.165, 1.54) is 23.7 Å². The van der Waals surface area contributed by atoms with E-state index >= 15 is 0 Å². The average Bonchev–Trinajstić information content (AvgIpc) is 1.42. The van der Waals surface area contributed by atoms with Gasteiger partial charge in [-0.15, -0.1) is 5.10 Å². The molecular formula is C83H129FN10O32. The van der Waals surface area contributed by atoms with Crippen molar-refractivity contribution in [3.63, 3.8) is 0 Å². The number of Topliss-reactive ketones (excluding diaryl/α,β-unsaturated/α-hetero) is 1. The summed E-state index contributed by atoms with van der Waals surface area (Å²) in [5, 5.41) is 116. The highest BCUT2D eigenvalue weighted by molar-refractivity contribution is 5.87. The van der Waals surface area contributed by atoms with Crippen LogP contribution in [0.2, 0.25) is 0 Å². The summed E-state index contributed by atoms with van der Waals surface area (Å²) >= 11 is 0. The largest absolute Gasteiger partial charge is 0.505 e. The minimum Gasteiger partial charge on any atom is -0.505 e. The number of ketones is 1. The number of carbonyl (C=O) groups excluding carboxylic acids is 7. The number of carbonyl (C=O) groups is 7. The van der Waals surface area contributed by atoms with Crippen LogP contribution < -0.4 is 36.6 Å². The quantitative estimate of drug-likeness (QED) is 0.0204. The number of aromatic hydroxyl groups is 1. The molecule has 4 aromatic rings. The Morgan fingerprint density at radius 1 is 0.524 bits per heavy atom. The summed E-state index contributed by atoms with van der Waals surface area (Å²) in [6.07, 6.45) is -8.71. The Bertz CT molecular complexity index is 3770. The maximum atomic E-state index is 14.1. The number of benzene rings is 2. The maximum absolute atomic E-state index is 14.1. The molecule has 4 heterocycles. The van der Waals surface area contributed by atoms with Crippen molar-refractivity contribution in [2.75, 3.05) is 205 Å². The number of aromatic nitrogens is 4. The first-order valence-corrected chi connectivity index (χ1v) is 42.6. The number of hydrogen-bond donors (Lipinski definition) is 15. The Kier molecular flexibility index (Phi) is 48.9. The number of hydrogen-bond acceptors (Lipinski definition) is 35. The standard InChI is InChI=1S/C83H129FN10O32/c1-5-56-42-66(53(2)75(105)77(56)107)122-38-35-114-32-29-111-25-17-86-70(101)14-22-118-50-83(51-119-23-15-71(102)87-18-26-112-30-33-115-36-39-123-81-54(3)76(106)78(108)67(47-95)125-81,52-120-24-16-72(103)88-19-27-113-31-34-116-37-40-124-82-74(90-55(4)97)80(110)79(109)68(48-96)126-82)44-59(98)45-89-73(104)49-117-28-20-85-69(100)7-6-21-121-60-10-12-62-57(41-60)8-11-63(91-62)64-46-94(93-92-64)58-9-13-65(99)61(84)43-58/h8-13,41,43,46,53-54,56,66-68,74-82,95-96,99,105-110H,5-7,14-40,42,44-45,47-52H2,1-4H3,(H,85,100)(H,86,101)(H,87,102)(H,88,103)(H,89,104)(H,90,97)/t53-,54+,56-,66+,67+,68+,74+,75+,76+,77-,78-,79-,80+,81?,82+,83?/m0/s1.